The molecule has 1 heterocycles. The lowest BCUT2D eigenvalue weighted by atomic mass is 10.2. The van der Waals surface area contributed by atoms with E-state index in [4.69, 9.17) is 0 Å². The number of benzene rings is 1. The molecule has 1 aliphatic rings. The predicted molar refractivity (Wildman–Crippen MR) is 94.8 cm³/mol. The Labute approximate surface area is 146 Å². The smallest absolute Gasteiger partial charge is 0.230 e. The molecular weight excluding hydrogens is 322 g/mol. The van der Waals surface area contributed by atoms with Crippen LogP contribution in [-0.2, 0) is 17.9 Å². The first-order chi connectivity index (χ1) is 11.8. The molecular formula is C18H23N3O2S. The topological polar surface area (TPSA) is 67.1 Å². The van der Waals surface area contributed by atoms with Crippen LogP contribution in [0, 0.1) is 0 Å². The molecule has 24 heavy (non-hydrogen) atoms. The van der Waals surface area contributed by atoms with Crippen LogP contribution in [0.4, 0.5) is 0 Å². The number of carbonyl (C=O) groups is 1. The number of hydrogen-bond donors (Lipinski definition) is 2. The lowest BCUT2D eigenvalue weighted by Gasteiger charge is -2.13. The van der Waals surface area contributed by atoms with Gasteiger partial charge in [0.05, 0.1) is 24.3 Å². The van der Waals surface area contributed by atoms with Crippen LogP contribution in [0.15, 0.2) is 41.7 Å². The summed E-state index contributed by atoms with van der Waals surface area (Å²) in [5.74, 6) is 0.416. The molecule has 0 aliphatic heterocycles. The second-order valence-corrected chi connectivity index (χ2v) is 7.04. The average molecular weight is 345 g/mol. The van der Waals surface area contributed by atoms with Crippen molar-refractivity contribution >= 4 is 17.7 Å². The van der Waals surface area contributed by atoms with Gasteiger partial charge in [-0.3, -0.25) is 4.79 Å². The van der Waals surface area contributed by atoms with E-state index in [2.05, 4.69) is 10.3 Å². The lowest BCUT2D eigenvalue weighted by molar-refractivity contribution is -0.119. The second kappa shape index (κ2) is 8.35. The van der Waals surface area contributed by atoms with Gasteiger partial charge in [0, 0.05) is 12.6 Å². The number of aliphatic hydroxyl groups excluding tert-OH is 1. The van der Waals surface area contributed by atoms with E-state index in [-0.39, 0.29) is 12.5 Å². The molecule has 1 fully saturated rings. The summed E-state index contributed by atoms with van der Waals surface area (Å²) in [6.07, 6.45) is 6.28. The van der Waals surface area contributed by atoms with Gasteiger partial charge in [0.15, 0.2) is 5.16 Å². The molecule has 0 spiro atoms. The quantitative estimate of drug-likeness (QED) is 0.757. The molecule has 0 unspecified atom stereocenters. The fraction of sp³-hybridized carbons (Fsp3) is 0.444. The maximum atomic E-state index is 12.1. The Kier molecular flexibility index (Phi) is 5.93. The van der Waals surface area contributed by atoms with Gasteiger partial charge in [-0.25, -0.2) is 4.98 Å². The lowest BCUT2D eigenvalue weighted by Crippen LogP contribution is -2.33. The van der Waals surface area contributed by atoms with Crippen molar-refractivity contribution < 1.29 is 9.90 Å². The largest absolute Gasteiger partial charge is 0.390 e. The van der Waals surface area contributed by atoms with Gasteiger partial charge >= 0.3 is 0 Å². The molecule has 2 N–H and O–H groups in total. The van der Waals surface area contributed by atoms with Crippen molar-refractivity contribution in [1.82, 2.24) is 14.9 Å². The summed E-state index contributed by atoms with van der Waals surface area (Å²) in [6.45, 7) is 0.581. The van der Waals surface area contributed by atoms with Crippen molar-refractivity contribution in [2.75, 3.05) is 5.75 Å². The highest BCUT2D eigenvalue weighted by Gasteiger charge is 2.18. The van der Waals surface area contributed by atoms with Gasteiger partial charge in [-0.1, -0.05) is 54.9 Å². The number of nitrogens with zero attached hydrogens (tertiary/aromatic N) is 2. The first-order valence-electron chi connectivity index (χ1n) is 8.37. The third-order valence-electron chi connectivity index (χ3n) is 4.30. The van der Waals surface area contributed by atoms with Crippen LogP contribution in [0.1, 0.15) is 36.9 Å². The van der Waals surface area contributed by atoms with E-state index in [0.717, 1.165) is 29.3 Å². The Hall–Kier alpha value is -1.79. The predicted octanol–water partition coefficient (Wildman–Crippen LogP) is 2.57. The van der Waals surface area contributed by atoms with Gasteiger partial charge in [0.1, 0.15) is 0 Å². The molecule has 3 rings (SSSR count). The summed E-state index contributed by atoms with van der Waals surface area (Å²) in [6, 6.07) is 10.4. The number of nitrogens with one attached hydrogen (secondary N) is 1. The summed E-state index contributed by atoms with van der Waals surface area (Å²) in [5, 5.41) is 13.4. The third-order valence-corrected chi connectivity index (χ3v) is 5.29. The van der Waals surface area contributed by atoms with Gasteiger partial charge in [-0.15, -0.1) is 0 Å². The first-order valence-corrected chi connectivity index (χ1v) is 9.36. The molecule has 1 aromatic heterocycles. The zero-order valence-electron chi connectivity index (χ0n) is 13.6. The van der Waals surface area contributed by atoms with Gasteiger partial charge < -0.3 is 15.0 Å². The number of amides is 1. The molecule has 1 saturated carbocycles. The number of carbonyl (C=O) groups excluding carboxylic acids is 1. The van der Waals surface area contributed by atoms with Crippen LogP contribution in [-0.4, -0.2) is 32.4 Å². The van der Waals surface area contributed by atoms with Crippen molar-refractivity contribution in [3.05, 3.63) is 47.8 Å². The molecule has 1 aliphatic carbocycles. The Morgan fingerprint density at radius 3 is 2.75 bits per heavy atom. The molecule has 1 aromatic carbocycles. The zero-order chi connectivity index (χ0) is 16.8. The van der Waals surface area contributed by atoms with E-state index in [1.807, 2.05) is 34.9 Å². The molecule has 1 amide bonds. The Morgan fingerprint density at radius 1 is 1.29 bits per heavy atom. The van der Waals surface area contributed by atoms with Crippen LogP contribution in [0.3, 0.4) is 0 Å². The highest BCUT2D eigenvalue weighted by Crippen LogP contribution is 2.21. The van der Waals surface area contributed by atoms with Crippen LogP contribution in [0.5, 0.6) is 0 Å². The maximum absolute atomic E-state index is 12.1. The average Bonchev–Trinajstić information content (AvgIpc) is 3.24. The first kappa shape index (κ1) is 17.0. The summed E-state index contributed by atoms with van der Waals surface area (Å²) in [7, 11) is 0. The fourth-order valence-corrected chi connectivity index (χ4v) is 3.85. The normalized spacial score (nSPS) is 14.9. The number of thioether (sulfide) groups is 1. The van der Waals surface area contributed by atoms with Gasteiger partial charge in [-0.05, 0) is 18.4 Å². The highest BCUT2D eigenvalue weighted by atomic mass is 32.2. The van der Waals surface area contributed by atoms with E-state index < -0.39 is 0 Å². The number of aromatic nitrogens is 2. The van der Waals surface area contributed by atoms with Crippen LogP contribution < -0.4 is 5.32 Å². The van der Waals surface area contributed by atoms with Crippen LogP contribution >= 0.6 is 11.8 Å². The summed E-state index contributed by atoms with van der Waals surface area (Å²) >= 11 is 1.42. The molecule has 5 nitrogen and oxygen atoms in total. The minimum absolute atomic E-state index is 0.0608. The molecule has 2 aromatic rings. The zero-order valence-corrected chi connectivity index (χ0v) is 14.5. The summed E-state index contributed by atoms with van der Waals surface area (Å²) < 4.78 is 1.98. The third kappa shape index (κ3) is 4.39. The highest BCUT2D eigenvalue weighted by molar-refractivity contribution is 7.99. The van der Waals surface area contributed by atoms with E-state index >= 15 is 0 Å². The van der Waals surface area contributed by atoms with Gasteiger partial charge in [0.2, 0.25) is 5.91 Å². The molecule has 128 valence electrons. The molecule has 0 saturated heterocycles. The second-order valence-electron chi connectivity index (χ2n) is 6.10. The standard InChI is InChI=1S/C18H23N3O2S/c22-12-16-10-19-18(21(16)11-14-6-2-1-3-7-14)24-13-17(23)20-15-8-4-5-9-15/h1-3,6-7,10,15,22H,4-5,8-9,11-13H2,(H,20,23). The van der Waals surface area contributed by atoms with Crippen molar-refractivity contribution in [1.29, 1.82) is 0 Å². The monoisotopic (exact) mass is 345 g/mol. The summed E-state index contributed by atoms with van der Waals surface area (Å²) in [4.78, 5) is 16.5. The molecule has 0 radical (unpaired) electrons. The van der Waals surface area contributed by atoms with Crippen molar-refractivity contribution in [2.45, 2.75) is 50.0 Å². The Morgan fingerprint density at radius 2 is 2.04 bits per heavy atom. The maximum Gasteiger partial charge on any atom is 0.230 e. The van der Waals surface area contributed by atoms with Gasteiger partial charge in [0.25, 0.3) is 0 Å². The Bertz CT molecular complexity index is 666. The molecule has 6 heteroatoms. The Balaban J connectivity index is 1.62. The van der Waals surface area contributed by atoms with E-state index in [1.54, 1.807) is 6.20 Å². The van der Waals surface area contributed by atoms with E-state index in [0.29, 0.717) is 18.3 Å². The number of rotatable bonds is 7. The van der Waals surface area contributed by atoms with Crippen LogP contribution in [0.25, 0.3) is 0 Å². The van der Waals surface area contributed by atoms with E-state index in [1.165, 1.54) is 24.6 Å². The van der Waals surface area contributed by atoms with Crippen molar-refractivity contribution in [3.8, 4) is 0 Å². The number of hydrogen-bond acceptors (Lipinski definition) is 4. The number of imidazole rings is 1. The minimum Gasteiger partial charge on any atom is -0.390 e. The summed E-state index contributed by atoms with van der Waals surface area (Å²) in [5.41, 5.74) is 1.90. The van der Waals surface area contributed by atoms with E-state index in [9.17, 15) is 9.90 Å². The van der Waals surface area contributed by atoms with Crippen LogP contribution in [0.2, 0.25) is 0 Å². The van der Waals surface area contributed by atoms with Gasteiger partial charge in [-0.2, -0.15) is 0 Å². The van der Waals surface area contributed by atoms with Crippen molar-refractivity contribution in [3.63, 3.8) is 0 Å². The number of aliphatic hydroxyl groups is 1. The molecule has 0 atom stereocenters. The fourth-order valence-electron chi connectivity index (χ4n) is 3.04. The molecule has 0 bridgehead atoms. The minimum atomic E-state index is -0.0608. The SMILES string of the molecule is O=C(CSc1ncc(CO)n1Cc1ccccc1)NC1CCCC1. The van der Waals surface area contributed by atoms with Crippen molar-refractivity contribution in [2.24, 2.45) is 0 Å².